The first-order valence-corrected chi connectivity index (χ1v) is 6.01. The SMILES string of the molecule is CCCCCNC(=O)CN(C)CC(C)C. The molecule has 0 saturated carbocycles. The molecule has 0 spiro atoms. The molecule has 0 rings (SSSR count). The fraction of sp³-hybridized carbons (Fsp3) is 0.917. The summed E-state index contributed by atoms with van der Waals surface area (Å²) < 4.78 is 0. The minimum absolute atomic E-state index is 0.147. The third-order valence-electron chi connectivity index (χ3n) is 2.19. The quantitative estimate of drug-likeness (QED) is 0.626. The van der Waals surface area contributed by atoms with Crippen molar-refractivity contribution in [2.75, 3.05) is 26.7 Å². The van der Waals surface area contributed by atoms with Gasteiger partial charge < -0.3 is 5.32 Å². The molecule has 3 heteroatoms. The number of hydrogen-bond acceptors (Lipinski definition) is 2. The van der Waals surface area contributed by atoms with Gasteiger partial charge in [-0.15, -0.1) is 0 Å². The largest absolute Gasteiger partial charge is 0.355 e. The molecule has 0 aromatic heterocycles. The highest BCUT2D eigenvalue weighted by Gasteiger charge is 2.06. The molecular formula is C12H26N2O. The minimum Gasteiger partial charge on any atom is -0.355 e. The van der Waals surface area contributed by atoms with Crippen LogP contribution in [0.1, 0.15) is 40.0 Å². The van der Waals surface area contributed by atoms with Crippen LogP contribution < -0.4 is 5.32 Å². The maximum Gasteiger partial charge on any atom is 0.234 e. The summed E-state index contributed by atoms with van der Waals surface area (Å²) in [5, 5.41) is 2.94. The van der Waals surface area contributed by atoms with Crippen LogP contribution in [-0.4, -0.2) is 37.5 Å². The lowest BCUT2D eigenvalue weighted by Gasteiger charge is -2.18. The number of carbonyl (C=O) groups is 1. The fourth-order valence-electron chi connectivity index (χ4n) is 1.59. The summed E-state index contributed by atoms with van der Waals surface area (Å²) >= 11 is 0. The van der Waals surface area contributed by atoms with Crippen molar-refractivity contribution in [3.63, 3.8) is 0 Å². The maximum atomic E-state index is 11.4. The summed E-state index contributed by atoms with van der Waals surface area (Å²) in [6.45, 7) is 8.80. The molecule has 1 amide bonds. The van der Waals surface area contributed by atoms with E-state index in [1.54, 1.807) is 0 Å². The Morgan fingerprint density at radius 3 is 2.53 bits per heavy atom. The van der Waals surface area contributed by atoms with Crippen LogP contribution >= 0.6 is 0 Å². The molecule has 0 aliphatic carbocycles. The highest BCUT2D eigenvalue weighted by Crippen LogP contribution is 1.95. The van der Waals surface area contributed by atoms with Gasteiger partial charge in [-0.1, -0.05) is 33.6 Å². The van der Waals surface area contributed by atoms with E-state index in [0.717, 1.165) is 19.5 Å². The molecular weight excluding hydrogens is 188 g/mol. The van der Waals surface area contributed by atoms with Gasteiger partial charge in [-0.2, -0.15) is 0 Å². The van der Waals surface area contributed by atoms with Crippen molar-refractivity contribution in [3.8, 4) is 0 Å². The minimum atomic E-state index is 0.147. The normalized spacial score (nSPS) is 11.1. The lowest BCUT2D eigenvalue weighted by atomic mass is 10.2. The number of nitrogens with one attached hydrogen (secondary N) is 1. The second-order valence-corrected chi connectivity index (χ2v) is 4.65. The second kappa shape index (κ2) is 8.72. The maximum absolute atomic E-state index is 11.4. The summed E-state index contributed by atoms with van der Waals surface area (Å²) in [6, 6.07) is 0. The molecule has 0 aromatic carbocycles. The van der Waals surface area contributed by atoms with E-state index in [2.05, 4.69) is 31.0 Å². The lowest BCUT2D eigenvalue weighted by Crippen LogP contribution is -2.37. The van der Waals surface area contributed by atoms with Gasteiger partial charge in [-0.05, 0) is 19.4 Å². The van der Waals surface area contributed by atoms with E-state index in [1.807, 2.05) is 7.05 Å². The average molecular weight is 214 g/mol. The molecule has 0 heterocycles. The fourth-order valence-corrected chi connectivity index (χ4v) is 1.59. The Morgan fingerprint density at radius 2 is 2.00 bits per heavy atom. The predicted molar refractivity (Wildman–Crippen MR) is 64.9 cm³/mol. The molecule has 3 nitrogen and oxygen atoms in total. The van der Waals surface area contributed by atoms with Crippen LogP contribution in [0.2, 0.25) is 0 Å². The van der Waals surface area contributed by atoms with E-state index in [0.29, 0.717) is 12.5 Å². The molecule has 0 saturated heterocycles. The Kier molecular flexibility index (Phi) is 8.38. The molecule has 0 aliphatic rings. The van der Waals surface area contributed by atoms with Crippen LogP contribution in [0.25, 0.3) is 0 Å². The molecule has 0 atom stereocenters. The Labute approximate surface area is 94.2 Å². The van der Waals surface area contributed by atoms with Crippen molar-refractivity contribution in [1.82, 2.24) is 10.2 Å². The van der Waals surface area contributed by atoms with Crippen molar-refractivity contribution in [2.45, 2.75) is 40.0 Å². The predicted octanol–water partition coefficient (Wildman–Crippen LogP) is 1.88. The monoisotopic (exact) mass is 214 g/mol. The number of unbranched alkanes of at least 4 members (excludes halogenated alkanes) is 2. The third kappa shape index (κ3) is 9.73. The van der Waals surface area contributed by atoms with Gasteiger partial charge in [0.25, 0.3) is 0 Å². The molecule has 15 heavy (non-hydrogen) atoms. The van der Waals surface area contributed by atoms with Gasteiger partial charge in [0.2, 0.25) is 5.91 Å². The zero-order valence-corrected chi connectivity index (χ0v) is 10.7. The summed E-state index contributed by atoms with van der Waals surface area (Å²) in [5.41, 5.74) is 0. The Morgan fingerprint density at radius 1 is 1.33 bits per heavy atom. The van der Waals surface area contributed by atoms with Crippen LogP contribution in [0.4, 0.5) is 0 Å². The number of nitrogens with zero attached hydrogens (tertiary/aromatic N) is 1. The number of rotatable bonds is 8. The average Bonchev–Trinajstić information content (AvgIpc) is 2.10. The van der Waals surface area contributed by atoms with Gasteiger partial charge in [-0.25, -0.2) is 0 Å². The van der Waals surface area contributed by atoms with Crippen molar-refractivity contribution < 1.29 is 4.79 Å². The molecule has 0 radical (unpaired) electrons. The van der Waals surface area contributed by atoms with Crippen LogP contribution in [0.15, 0.2) is 0 Å². The van der Waals surface area contributed by atoms with E-state index in [-0.39, 0.29) is 5.91 Å². The molecule has 0 unspecified atom stereocenters. The zero-order valence-electron chi connectivity index (χ0n) is 10.7. The van der Waals surface area contributed by atoms with Gasteiger partial charge in [0.05, 0.1) is 6.54 Å². The third-order valence-corrected chi connectivity index (χ3v) is 2.19. The molecule has 1 N–H and O–H groups in total. The van der Waals surface area contributed by atoms with Crippen LogP contribution in [-0.2, 0) is 4.79 Å². The van der Waals surface area contributed by atoms with Crippen molar-refractivity contribution in [1.29, 1.82) is 0 Å². The summed E-state index contributed by atoms with van der Waals surface area (Å²) in [6.07, 6.45) is 3.49. The highest BCUT2D eigenvalue weighted by atomic mass is 16.2. The zero-order chi connectivity index (χ0) is 11.7. The van der Waals surface area contributed by atoms with E-state index >= 15 is 0 Å². The summed E-state index contributed by atoms with van der Waals surface area (Å²) in [5.74, 6) is 0.761. The van der Waals surface area contributed by atoms with Gasteiger partial charge in [0, 0.05) is 13.1 Å². The summed E-state index contributed by atoms with van der Waals surface area (Å²) in [7, 11) is 1.99. The Bertz CT molecular complexity index is 169. The lowest BCUT2D eigenvalue weighted by molar-refractivity contribution is -0.122. The molecule has 0 aromatic rings. The number of likely N-dealkylation sites (N-methyl/N-ethyl adjacent to an activating group) is 1. The van der Waals surface area contributed by atoms with E-state index in [4.69, 9.17) is 0 Å². The van der Waals surface area contributed by atoms with Gasteiger partial charge in [-0.3, -0.25) is 9.69 Å². The van der Waals surface area contributed by atoms with E-state index in [9.17, 15) is 4.79 Å². The number of hydrogen-bond donors (Lipinski definition) is 1. The van der Waals surface area contributed by atoms with Gasteiger partial charge in [0.1, 0.15) is 0 Å². The van der Waals surface area contributed by atoms with Crippen LogP contribution in [0.5, 0.6) is 0 Å². The van der Waals surface area contributed by atoms with E-state index < -0.39 is 0 Å². The first-order valence-electron chi connectivity index (χ1n) is 6.01. The van der Waals surface area contributed by atoms with Crippen LogP contribution in [0, 0.1) is 5.92 Å². The number of carbonyl (C=O) groups excluding carboxylic acids is 1. The molecule has 0 aliphatic heterocycles. The van der Waals surface area contributed by atoms with Gasteiger partial charge in [0.15, 0.2) is 0 Å². The second-order valence-electron chi connectivity index (χ2n) is 4.65. The topological polar surface area (TPSA) is 32.3 Å². The Hall–Kier alpha value is -0.570. The summed E-state index contributed by atoms with van der Waals surface area (Å²) in [4.78, 5) is 13.5. The van der Waals surface area contributed by atoms with Crippen LogP contribution in [0.3, 0.4) is 0 Å². The highest BCUT2D eigenvalue weighted by molar-refractivity contribution is 5.77. The standard InChI is InChI=1S/C12H26N2O/c1-5-6-7-8-13-12(15)10-14(4)9-11(2)3/h11H,5-10H2,1-4H3,(H,13,15). The van der Waals surface area contributed by atoms with Crippen molar-refractivity contribution in [2.24, 2.45) is 5.92 Å². The molecule has 0 fully saturated rings. The smallest absolute Gasteiger partial charge is 0.234 e. The van der Waals surface area contributed by atoms with Crippen molar-refractivity contribution in [3.05, 3.63) is 0 Å². The van der Waals surface area contributed by atoms with Crippen molar-refractivity contribution >= 4 is 5.91 Å². The molecule has 90 valence electrons. The number of amides is 1. The Balaban J connectivity index is 3.47. The molecule has 0 bridgehead atoms. The van der Waals surface area contributed by atoms with E-state index in [1.165, 1.54) is 12.8 Å². The van der Waals surface area contributed by atoms with Gasteiger partial charge >= 0.3 is 0 Å². The first kappa shape index (κ1) is 14.4. The first-order chi connectivity index (χ1) is 7.06.